The molecule has 0 aliphatic carbocycles. The van der Waals surface area contributed by atoms with Gasteiger partial charge in [0, 0.05) is 19.6 Å². The first-order valence-electron chi connectivity index (χ1n) is 10.5. The predicted octanol–water partition coefficient (Wildman–Crippen LogP) is 5.75. The second kappa shape index (κ2) is 19.2. The van der Waals surface area contributed by atoms with Gasteiger partial charge in [0.15, 0.2) is 6.23 Å². The van der Waals surface area contributed by atoms with Gasteiger partial charge in [0.25, 0.3) is 0 Å². The molecule has 1 N–H and O–H groups in total. The van der Waals surface area contributed by atoms with E-state index in [2.05, 4.69) is 27.9 Å². The number of nitrogens with zero attached hydrogens (tertiary/aromatic N) is 1. The van der Waals surface area contributed by atoms with E-state index in [1.54, 1.807) is 0 Å². The molecule has 24 heavy (non-hydrogen) atoms. The summed E-state index contributed by atoms with van der Waals surface area (Å²) in [4.78, 5) is 0. The lowest BCUT2D eigenvalue weighted by atomic mass is 10.1. The number of hydrogen-bond donors (Lipinski definition) is 1. The molecule has 1 unspecified atom stereocenters. The van der Waals surface area contributed by atoms with Crippen molar-refractivity contribution in [3.8, 4) is 0 Å². The molecule has 0 fully saturated rings. The van der Waals surface area contributed by atoms with Crippen molar-refractivity contribution in [2.24, 2.45) is 0 Å². The van der Waals surface area contributed by atoms with Crippen molar-refractivity contribution in [3.63, 3.8) is 0 Å². The highest BCUT2D eigenvalue weighted by Crippen LogP contribution is 2.13. The lowest BCUT2D eigenvalue weighted by Crippen LogP contribution is -2.49. The first kappa shape index (κ1) is 26.1. The molecule has 0 aromatic rings. The summed E-state index contributed by atoms with van der Waals surface area (Å²) >= 11 is 0. The van der Waals surface area contributed by atoms with E-state index in [0.717, 1.165) is 30.7 Å². The number of unbranched alkanes of at least 4 members (excludes halogenated alkanes) is 9. The van der Waals surface area contributed by atoms with Crippen LogP contribution in [0.5, 0.6) is 0 Å². The number of quaternary nitrogens is 1. The van der Waals surface area contributed by atoms with Gasteiger partial charge in [0.1, 0.15) is 0 Å². The third-order valence-electron chi connectivity index (χ3n) is 4.67. The predicted molar refractivity (Wildman–Crippen MR) is 107 cm³/mol. The van der Waals surface area contributed by atoms with Crippen molar-refractivity contribution in [2.45, 2.75) is 105 Å². The third-order valence-corrected chi connectivity index (χ3v) is 4.67. The number of hydrogen-bond acceptors (Lipinski definition) is 2. The van der Waals surface area contributed by atoms with Gasteiger partial charge in [-0.3, -0.25) is 0 Å². The second-order valence-corrected chi connectivity index (χ2v) is 7.35. The first-order chi connectivity index (χ1) is 11.5. The van der Waals surface area contributed by atoms with E-state index in [1.807, 2.05) is 13.8 Å². The van der Waals surface area contributed by atoms with Crippen LogP contribution in [0.3, 0.4) is 0 Å². The number of aliphatic hydroxyl groups excluding tert-OH is 1. The molecular formula is C21H48NO2+. The second-order valence-electron chi connectivity index (χ2n) is 7.35. The molecule has 0 radical (unpaired) electrons. The largest absolute Gasteiger partial charge is 0.382 e. The molecule has 1 atom stereocenters. The fourth-order valence-corrected chi connectivity index (χ4v) is 2.85. The summed E-state index contributed by atoms with van der Waals surface area (Å²) < 4.78 is 5.59. The summed E-state index contributed by atoms with van der Waals surface area (Å²) in [5, 5.41) is 9.90. The Morgan fingerprint density at radius 3 is 1.46 bits per heavy atom. The Hall–Kier alpha value is -0.120. The Balaban J connectivity index is 0. The highest BCUT2D eigenvalue weighted by molar-refractivity contribution is 4.48. The topological polar surface area (TPSA) is 29.5 Å². The van der Waals surface area contributed by atoms with Crippen LogP contribution < -0.4 is 0 Å². The quantitative estimate of drug-likeness (QED) is 0.232. The van der Waals surface area contributed by atoms with Crippen molar-refractivity contribution in [1.29, 1.82) is 0 Å². The van der Waals surface area contributed by atoms with Gasteiger partial charge < -0.3 is 14.3 Å². The molecule has 148 valence electrons. The van der Waals surface area contributed by atoms with Crippen LogP contribution >= 0.6 is 0 Å². The van der Waals surface area contributed by atoms with E-state index in [-0.39, 0.29) is 6.23 Å². The standard InChI is InChI=1S/C17H38NO.C4H10O/c1-5-7-8-9-10-11-12-13-14-15-16-18(3,4)17(19)6-2;1-3-5-4-2/h17,19H,5-16H2,1-4H3;3-4H2,1-2H3/q+1;. The molecule has 0 bridgehead atoms. The zero-order valence-electron chi connectivity index (χ0n) is 17.8. The van der Waals surface area contributed by atoms with E-state index in [1.165, 1.54) is 64.2 Å². The molecule has 0 rings (SSSR count). The molecule has 0 aliphatic heterocycles. The van der Waals surface area contributed by atoms with Crippen LogP contribution in [-0.4, -0.2) is 49.7 Å². The van der Waals surface area contributed by atoms with Gasteiger partial charge in [-0.15, -0.1) is 0 Å². The van der Waals surface area contributed by atoms with Gasteiger partial charge in [-0.2, -0.15) is 0 Å². The molecule has 0 heterocycles. The average molecular weight is 347 g/mol. The number of aliphatic hydroxyl groups is 1. The molecule has 0 saturated carbocycles. The van der Waals surface area contributed by atoms with E-state index in [9.17, 15) is 5.11 Å². The third kappa shape index (κ3) is 18.2. The summed E-state index contributed by atoms with van der Waals surface area (Å²) in [5.74, 6) is 0. The first-order valence-corrected chi connectivity index (χ1v) is 10.5. The van der Waals surface area contributed by atoms with Crippen LogP contribution in [0.4, 0.5) is 0 Å². The van der Waals surface area contributed by atoms with Crippen LogP contribution in [0, 0.1) is 0 Å². The van der Waals surface area contributed by atoms with Gasteiger partial charge in [0.05, 0.1) is 20.6 Å². The maximum Gasteiger partial charge on any atom is 0.189 e. The van der Waals surface area contributed by atoms with Crippen LogP contribution in [0.1, 0.15) is 98.3 Å². The van der Waals surface area contributed by atoms with Crippen molar-refractivity contribution in [1.82, 2.24) is 0 Å². The van der Waals surface area contributed by atoms with E-state index >= 15 is 0 Å². The summed E-state index contributed by atoms with van der Waals surface area (Å²) in [5.41, 5.74) is 0. The number of ether oxygens (including phenoxy) is 1. The Kier molecular flexibility index (Phi) is 20.9. The maximum absolute atomic E-state index is 9.90. The maximum atomic E-state index is 9.90. The van der Waals surface area contributed by atoms with E-state index in [0.29, 0.717) is 0 Å². The average Bonchev–Trinajstić information content (AvgIpc) is 2.57. The van der Waals surface area contributed by atoms with Crippen LogP contribution in [0.2, 0.25) is 0 Å². The normalized spacial score (nSPS) is 12.6. The molecule has 3 nitrogen and oxygen atoms in total. The smallest absolute Gasteiger partial charge is 0.189 e. The van der Waals surface area contributed by atoms with Crippen molar-refractivity contribution >= 4 is 0 Å². The summed E-state index contributed by atoms with van der Waals surface area (Å²) in [6, 6.07) is 0. The molecular weight excluding hydrogens is 298 g/mol. The summed E-state index contributed by atoms with van der Waals surface area (Å²) in [6.45, 7) is 11.1. The monoisotopic (exact) mass is 346 g/mol. The summed E-state index contributed by atoms with van der Waals surface area (Å²) in [7, 11) is 4.28. The van der Waals surface area contributed by atoms with E-state index < -0.39 is 0 Å². The van der Waals surface area contributed by atoms with Gasteiger partial charge in [-0.05, 0) is 26.7 Å². The Bertz CT molecular complexity index is 230. The van der Waals surface area contributed by atoms with Gasteiger partial charge in [-0.25, -0.2) is 0 Å². The highest BCUT2D eigenvalue weighted by Gasteiger charge is 2.22. The fourth-order valence-electron chi connectivity index (χ4n) is 2.85. The molecule has 0 aromatic heterocycles. The van der Waals surface area contributed by atoms with Gasteiger partial charge in [0.2, 0.25) is 0 Å². The Morgan fingerprint density at radius 2 is 1.12 bits per heavy atom. The van der Waals surface area contributed by atoms with Crippen molar-refractivity contribution in [2.75, 3.05) is 33.9 Å². The highest BCUT2D eigenvalue weighted by atomic mass is 16.5. The lowest BCUT2D eigenvalue weighted by molar-refractivity contribution is -0.937. The minimum Gasteiger partial charge on any atom is -0.382 e. The fraction of sp³-hybridized carbons (Fsp3) is 1.00. The minimum atomic E-state index is -0.196. The molecule has 0 aromatic carbocycles. The molecule has 0 spiro atoms. The molecule has 0 saturated heterocycles. The van der Waals surface area contributed by atoms with Crippen molar-refractivity contribution < 1.29 is 14.3 Å². The van der Waals surface area contributed by atoms with Crippen LogP contribution in [0.25, 0.3) is 0 Å². The zero-order valence-corrected chi connectivity index (χ0v) is 17.8. The number of rotatable bonds is 15. The van der Waals surface area contributed by atoms with Crippen LogP contribution in [-0.2, 0) is 4.74 Å². The Labute approximate surface area is 153 Å². The van der Waals surface area contributed by atoms with Crippen LogP contribution in [0.15, 0.2) is 0 Å². The van der Waals surface area contributed by atoms with Gasteiger partial charge >= 0.3 is 0 Å². The lowest BCUT2D eigenvalue weighted by Gasteiger charge is -2.34. The Morgan fingerprint density at radius 1 is 0.708 bits per heavy atom. The van der Waals surface area contributed by atoms with E-state index in [4.69, 9.17) is 4.74 Å². The minimum absolute atomic E-state index is 0.196. The van der Waals surface area contributed by atoms with Gasteiger partial charge in [-0.1, -0.05) is 65.2 Å². The summed E-state index contributed by atoms with van der Waals surface area (Å²) in [6.07, 6.45) is 14.5. The molecule has 0 amide bonds. The van der Waals surface area contributed by atoms with Crippen molar-refractivity contribution in [3.05, 3.63) is 0 Å². The SMILES string of the molecule is CCCCCCCCCCCC[N+](C)(C)C(O)CC.CCOCC. The zero-order chi connectivity index (χ0) is 18.7. The molecule has 0 aliphatic rings. The molecule has 3 heteroatoms.